The highest BCUT2D eigenvalue weighted by molar-refractivity contribution is 6.16. The first-order valence-corrected chi connectivity index (χ1v) is 17.1. The van der Waals surface area contributed by atoms with Crippen LogP contribution in [0.1, 0.15) is 77.6 Å². The van der Waals surface area contributed by atoms with Gasteiger partial charge in [-0.25, -0.2) is 8.78 Å². The Morgan fingerprint density at radius 1 is 0.740 bits per heavy atom. The van der Waals surface area contributed by atoms with Crippen molar-refractivity contribution >= 4 is 39.9 Å². The van der Waals surface area contributed by atoms with Crippen LogP contribution in [0.2, 0.25) is 0 Å². The number of fused-ring (bicyclic) bond motifs is 1. The summed E-state index contributed by atoms with van der Waals surface area (Å²) < 4.78 is 46.1. The van der Waals surface area contributed by atoms with Gasteiger partial charge < -0.3 is 29.6 Å². The second-order valence-corrected chi connectivity index (χ2v) is 12.7. The number of carbonyl (C=O) groups is 3. The van der Waals surface area contributed by atoms with Crippen LogP contribution in [0.5, 0.6) is 23.0 Å². The topological polar surface area (TPSA) is 116 Å². The Morgan fingerprint density at radius 2 is 1.38 bits per heavy atom. The lowest BCUT2D eigenvalue weighted by atomic mass is 10.0. The molecule has 1 saturated carbocycles. The van der Waals surface area contributed by atoms with Crippen LogP contribution in [0, 0.1) is 17.0 Å². The average molecular weight is 688 g/mol. The molecule has 1 aliphatic carbocycles. The summed E-state index contributed by atoms with van der Waals surface area (Å²) in [6.07, 6.45) is 11.6. The van der Waals surface area contributed by atoms with Gasteiger partial charge in [-0.3, -0.25) is 14.6 Å². The van der Waals surface area contributed by atoms with E-state index in [2.05, 4.69) is 15.6 Å². The lowest BCUT2D eigenvalue weighted by Gasteiger charge is -2.16. The van der Waals surface area contributed by atoms with E-state index in [0.717, 1.165) is 44.6 Å². The van der Waals surface area contributed by atoms with Gasteiger partial charge in [0.05, 0.1) is 19.2 Å². The van der Waals surface area contributed by atoms with Crippen molar-refractivity contribution in [2.24, 2.45) is 5.41 Å². The molecule has 50 heavy (non-hydrogen) atoms. The van der Waals surface area contributed by atoms with Gasteiger partial charge in [-0.15, -0.1) is 0 Å². The normalized spacial score (nSPS) is 13.0. The fourth-order valence-electron chi connectivity index (χ4n) is 5.71. The molecule has 0 atom stereocenters. The molecule has 264 valence electrons. The SMILES string of the molecule is COc1cc2c(Oc3ccc(NC(=O)C4(C(=O)Nc5ccc(F)cc5)CC4)cc3F)ccnc2cc1OCCCCCCCCCCC(C)=O. The molecule has 1 aromatic heterocycles. The molecule has 11 heteroatoms. The van der Waals surface area contributed by atoms with Gasteiger partial charge in [0.25, 0.3) is 0 Å². The zero-order valence-electron chi connectivity index (χ0n) is 28.5. The van der Waals surface area contributed by atoms with E-state index in [4.69, 9.17) is 14.2 Å². The number of amides is 2. The first-order valence-electron chi connectivity index (χ1n) is 17.1. The number of unbranched alkanes of at least 4 members (excludes halogenated alkanes) is 7. The third-order valence-corrected chi connectivity index (χ3v) is 8.80. The quantitative estimate of drug-likeness (QED) is 0.0746. The molecule has 1 heterocycles. The summed E-state index contributed by atoms with van der Waals surface area (Å²) in [5.41, 5.74) is -0.151. The third kappa shape index (κ3) is 9.55. The second kappa shape index (κ2) is 17.0. The van der Waals surface area contributed by atoms with Crippen molar-refractivity contribution in [3.63, 3.8) is 0 Å². The summed E-state index contributed by atoms with van der Waals surface area (Å²) in [7, 11) is 1.55. The average Bonchev–Trinajstić information content (AvgIpc) is 3.92. The van der Waals surface area contributed by atoms with Crippen molar-refractivity contribution in [2.45, 2.75) is 77.6 Å². The van der Waals surface area contributed by atoms with Gasteiger partial charge >= 0.3 is 0 Å². The molecule has 0 radical (unpaired) electrons. The number of rotatable bonds is 19. The summed E-state index contributed by atoms with van der Waals surface area (Å²) in [6, 6.07) is 14.4. The van der Waals surface area contributed by atoms with Crippen molar-refractivity contribution in [3.8, 4) is 23.0 Å². The fourth-order valence-corrected chi connectivity index (χ4v) is 5.71. The number of nitrogens with one attached hydrogen (secondary N) is 2. The van der Waals surface area contributed by atoms with Crippen LogP contribution in [0.15, 0.2) is 66.9 Å². The second-order valence-electron chi connectivity index (χ2n) is 12.7. The molecule has 0 saturated heterocycles. The first kappa shape index (κ1) is 36.2. The molecule has 2 N–H and O–H groups in total. The van der Waals surface area contributed by atoms with Crippen molar-refractivity contribution < 1.29 is 37.4 Å². The Balaban J connectivity index is 1.14. The van der Waals surface area contributed by atoms with E-state index < -0.39 is 28.9 Å². The van der Waals surface area contributed by atoms with Gasteiger partial charge in [0, 0.05) is 41.5 Å². The van der Waals surface area contributed by atoms with Gasteiger partial charge in [0.2, 0.25) is 11.8 Å². The van der Waals surface area contributed by atoms with Crippen molar-refractivity contribution in [1.29, 1.82) is 0 Å². The van der Waals surface area contributed by atoms with Crippen molar-refractivity contribution in [3.05, 3.63) is 78.5 Å². The van der Waals surface area contributed by atoms with Gasteiger partial charge in [0.1, 0.15) is 22.8 Å². The van der Waals surface area contributed by atoms with Crippen LogP contribution in [0.4, 0.5) is 20.2 Å². The molecule has 0 aliphatic heterocycles. The van der Waals surface area contributed by atoms with Crippen LogP contribution >= 0.6 is 0 Å². The van der Waals surface area contributed by atoms with Gasteiger partial charge in [-0.1, -0.05) is 38.5 Å². The predicted molar refractivity (Wildman–Crippen MR) is 188 cm³/mol. The summed E-state index contributed by atoms with van der Waals surface area (Å²) in [6.45, 7) is 2.18. The number of nitrogens with zero attached hydrogens (tertiary/aromatic N) is 1. The molecule has 1 fully saturated rings. The zero-order chi connectivity index (χ0) is 35.5. The Labute approximate surface area is 290 Å². The van der Waals surface area contributed by atoms with E-state index in [1.165, 1.54) is 49.2 Å². The highest BCUT2D eigenvalue weighted by atomic mass is 19.1. The van der Waals surface area contributed by atoms with Crippen molar-refractivity contribution in [2.75, 3.05) is 24.4 Å². The van der Waals surface area contributed by atoms with Gasteiger partial charge in [-0.2, -0.15) is 0 Å². The number of benzene rings is 3. The van der Waals surface area contributed by atoms with E-state index in [1.54, 1.807) is 38.4 Å². The number of aromatic nitrogens is 1. The lowest BCUT2D eigenvalue weighted by molar-refractivity contribution is -0.131. The molecule has 0 bridgehead atoms. The number of methoxy groups -OCH3 is 1. The minimum atomic E-state index is -1.28. The Hall–Kier alpha value is -5.06. The van der Waals surface area contributed by atoms with Crippen LogP contribution in [0.3, 0.4) is 0 Å². The van der Waals surface area contributed by atoms with Crippen LogP contribution < -0.4 is 24.8 Å². The summed E-state index contributed by atoms with van der Waals surface area (Å²) in [5.74, 6) is -0.608. The number of Topliss-reactive ketones (excluding diaryl/α,β-unsaturated/α-hetero) is 1. The fraction of sp³-hybridized carbons (Fsp3) is 0.385. The standard InChI is InChI=1S/C39H43F2N3O6/c1-26(45)11-9-7-5-3-4-6-8-10-22-49-36-25-32-30(24-35(36)48-2)33(18-21-42-32)50-34-17-16-29(23-31(34)41)44-38(47)39(19-20-39)37(46)43-28-14-12-27(40)13-15-28/h12-18,21,23-25H,3-11,19-20,22H2,1-2H3,(H,43,46)(H,44,47). The predicted octanol–water partition coefficient (Wildman–Crippen LogP) is 9.15. The molecule has 1 aliphatic rings. The van der Waals surface area contributed by atoms with E-state index in [0.29, 0.717) is 59.7 Å². The number of carbonyl (C=O) groups excluding carboxylic acids is 3. The molecule has 0 spiro atoms. The van der Waals surface area contributed by atoms with E-state index >= 15 is 4.39 Å². The minimum Gasteiger partial charge on any atom is -0.493 e. The Morgan fingerprint density at radius 3 is 2.02 bits per heavy atom. The largest absolute Gasteiger partial charge is 0.493 e. The van der Waals surface area contributed by atoms with E-state index in [1.807, 2.05) is 0 Å². The molecule has 4 aromatic rings. The summed E-state index contributed by atoms with van der Waals surface area (Å²) >= 11 is 0. The van der Waals surface area contributed by atoms with Gasteiger partial charge in [0.15, 0.2) is 23.1 Å². The zero-order valence-corrected chi connectivity index (χ0v) is 28.5. The maximum atomic E-state index is 15.3. The number of hydrogen-bond donors (Lipinski definition) is 2. The highest BCUT2D eigenvalue weighted by Gasteiger charge is 2.56. The Kier molecular flexibility index (Phi) is 12.4. The third-order valence-electron chi connectivity index (χ3n) is 8.80. The van der Waals surface area contributed by atoms with E-state index in [9.17, 15) is 18.8 Å². The van der Waals surface area contributed by atoms with Crippen molar-refractivity contribution in [1.82, 2.24) is 4.98 Å². The number of ketones is 1. The molecular weight excluding hydrogens is 644 g/mol. The molecule has 9 nitrogen and oxygen atoms in total. The maximum absolute atomic E-state index is 15.3. The number of anilines is 2. The van der Waals surface area contributed by atoms with E-state index in [-0.39, 0.29) is 17.2 Å². The smallest absolute Gasteiger partial charge is 0.240 e. The molecule has 2 amide bonds. The summed E-state index contributed by atoms with van der Waals surface area (Å²) in [4.78, 5) is 41.4. The number of hydrogen-bond acceptors (Lipinski definition) is 7. The number of halogens is 2. The van der Waals surface area contributed by atoms with Crippen LogP contribution in [-0.4, -0.2) is 36.3 Å². The number of ether oxygens (including phenoxy) is 3. The lowest BCUT2D eigenvalue weighted by Crippen LogP contribution is -2.35. The van der Waals surface area contributed by atoms with Crippen LogP contribution in [-0.2, 0) is 14.4 Å². The van der Waals surface area contributed by atoms with Crippen LogP contribution in [0.25, 0.3) is 10.9 Å². The number of pyridine rings is 1. The monoisotopic (exact) mass is 687 g/mol. The summed E-state index contributed by atoms with van der Waals surface area (Å²) in [5, 5.41) is 5.89. The molecule has 0 unspecified atom stereocenters. The minimum absolute atomic E-state index is 0.0685. The maximum Gasteiger partial charge on any atom is 0.240 e. The molecule has 5 rings (SSSR count). The highest BCUT2D eigenvalue weighted by Crippen LogP contribution is 2.47. The first-order chi connectivity index (χ1) is 24.2. The molecule has 3 aromatic carbocycles. The Bertz CT molecular complexity index is 1810. The van der Waals surface area contributed by atoms with Gasteiger partial charge in [-0.05, 0) is 81.1 Å². The molecular formula is C39H43F2N3O6.